The molecule has 1 saturated heterocycles. The molecule has 0 saturated carbocycles. The minimum atomic E-state index is -0.0799. The molecule has 1 unspecified atom stereocenters. The molecule has 1 aliphatic rings. The molecule has 4 nitrogen and oxygen atoms in total. The standard InChI is InChI=1S/C17H18N2O2/c20-17(16-10-5-11-18-16)19-13-6-4-9-15(12-13)21-14-7-2-1-3-8-14/h1-4,6-9,12,16,18H,5,10-11H2,(H,19,20). The van der Waals surface area contributed by atoms with Crippen LogP contribution in [0.1, 0.15) is 12.8 Å². The molecule has 0 spiro atoms. The predicted octanol–water partition coefficient (Wildman–Crippen LogP) is 3.17. The van der Waals surface area contributed by atoms with Gasteiger partial charge in [-0.05, 0) is 43.7 Å². The summed E-state index contributed by atoms with van der Waals surface area (Å²) >= 11 is 0. The largest absolute Gasteiger partial charge is 0.457 e. The van der Waals surface area contributed by atoms with E-state index in [9.17, 15) is 4.79 Å². The third kappa shape index (κ3) is 3.61. The number of carbonyl (C=O) groups is 1. The molecule has 1 aliphatic heterocycles. The molecule has 1 amide bonds. The van der Waals surface area contributed by atoms with E-state index in [-0.39, 0.29) is 11.9 Å². The van der Waals surface area contributed by atoms with Gasteiger partial charge in [-0.2, -0.15) is 0 Å². The molecule has 1 atom stereocenters. The summed E-state index contributed by atoms with van der Waals surface area (Å²) in [7, 11) is 0. The Morgan fingerprint density at radius 1 is 1.10 bits per heavy atom. The second-order valence-corrected chi connectivity index (χ2v) is 5.08. The number of amides is 1. The lowest BCUT2D eigenvalue weighted by Gasteiger charge is -2.12. The number of para-hydroxylation sites is 1. The normalized spacial score (nSPS) is 17.4. The van der Waals surface area contributed by atoms with Gasteiger partial charge in [-0.15, -0.1) is 0 Å². The van der Waals surface area contributed by atoms with Gasteiger partial charge < -0.3 is 15.4 Å². The van der Waals surface area contributed by atoms with Crippen molar-refractivity contribution in [1.29, 1.82) is 0 Å². The van der Waals surface area contributed by atoms with Gasteiger partial charge in [0.1, 0.15) is 11.5 Å². The van der Waals surface area contributed by atoms with E-state index in [2.05, 4.69) is 10.6 Å². The van der Waals surface area contributed by atoms with Crippen molar-refractivity contribution in [2.24, 2.45) is 0 Å². The second-order valence-electron chi connectivity index (χ2n) is 5.08. The summed E-state index contributed by atoms with van der Waals surface area (Å²) in [6.45, 7) is 0.912. The maximum Gasteiger partial charge on any atom is 0.241 e. The summed E-state index contributed by atoms with van der Waals surface area (Å²) < 4.78 is 5.76. The zero-order chi connectivity index (χ0) is 14.5. The lowest BCUT2D eigenvalue weighted by atomic mass is 10.2. The van der Waals surface area contributed by atoms with Crippen molar-refractivity contribution < 1.29 is 9.53 Å². The number of benzene rings is 2. The number of hydrogen-bond donors (Lipinski definition) is 2. The number of nitrogens with one attached hydrogen (secondary N) is 2. The monoisotopic (exact) mass is 282 g/mol. The Morgan fingerprint density at radius 2 is 1.90 bits per heavy atom. The fourth-order valence-electron chi connectivity index (χ4n) is 2.40. The molecular formula is C17H18N2O2. The predicted molar refractivity (Wildman–Crippen MR) is 82.6 cm³/mol. The Kier molecular flexibility index (Phi) is 4.17. The quantitative estimate of drug-likeness (QED) is 0.905. The van der Waals surface area contributed by atoms with Crippen molar-refractivity contribution >= 4 is 11.6 Å². The smallest absolute Gasteiger partial charge is 0.241 e. The van der Waals surface area contributed by atoms with Crippen LogP contribution in [0.3, 0.4) is 0 Å². The van der Waals surface area contributed by atoms with Crippen LogP contribution in [0.2, 0.25) is 0 Å². The second kappa shape index (κ2) is 6.41. The van der Waals surface area contributed by atoms with Gasteiger partial charge in [0.25, 0.3) is 0 Å². The Labute approximate surface area is 124 Å². The first-order chi connectivity index (χ1) is 10.3. The van der Waals surface area contributed by atoms with E-state index >= 15 is 0 Å². The van der Waals surface area contributed by atoms with E-state index in [1.54, 1.807) is 0 Å². The molecule has 21 heavy (non-hydrogen) atoms. The van der Waals surface area contributed by atoms with Gasteiger partial charge in [0.15, 0.2) is 0 Å². The highest BCUT2D eigenvalue weighted by Gasteiger charge is 2.21. The molecule has 1 heterocycles. The average Bonchev–Trinajstić information content (AvgIpc) is 3.03. The average molecular weight is 282 g/mol. The minimum absolute atomic E-state index is 0.0179. The highest BCUT2D eigenvalue weighted by molar-refractivity contribution is 5.95. The Balaban J connectivity index is 1.66. The van der Waals surface area contributed by atoms with Crippen LogP contribution in [-0.2, 0) is 4.79 Å². The lowest BCUT2D eigenvalue weighted by Crippen LogP contribution is -2.35. The topological polar surface area (TPSA) is 50.4 Å². The van der Waals surface area contributed by atoms with Crippen LogP contribution in [0, 0.1) is 0 Å². The maximum atomic E-state index is 12.1. The van der Waals surface area contributed by atoms with E-state index in [0.717, 1.165) is 30.8 Å². The molecule has 1 fully saturated rings. The molecule has 0 radical (unpaired) electrons. The zero-order valence-electron chi connectivity index (χ0n) is 11.7. The van der Waals surface area contributed by atoms with Gasteiger partial charge in [0.2, 0.25) is 5.91 Å². The SMILES string of the molecule is O=C(Nc1cccc(Oc2ccccc2)c1)C1CCCN1. The van der Waals surface area contributed by atoms with Crippen LogP contribution in [0.15, 0.2) is 54.6 Å². The van der Waals surface area contributed by atoms with Gasteiger partial charge in [0, 0.05) is 11.8 Å². The lowest BCUT2D eigenvalue weighted by molar-refractivity contribution is -0.117. The van der Waals surface area contributed by atoms with Crippen LogP contribution in [0.5, 0.6) is 11.5 Å². The number of rotatable bonds is 4. The molecule has 3 rings (SSSR count). The molecule has 0 bridgehead atoms. The van der Waals surface area contributed by atoms with E-state index < -0.39 is 0 Å². The molecular weight excluding hydrogens is 264 g/mol. The summed E-state index contributed by atoms with van der Waals surface area (Å²) in [5, 5.41) is 6.12. The number of ether oxygens (including phenoxy) is 1. The van der Waals surface area contributed by atoms with Crippen molar-refractivity contribution in [1.82, 2.24) is 5.32 Å². The summed E-state index contributed by atoms with van der Waals surface area (Å²) in [6.07, 6.45) is 1.95. The van der Waals surface area contributed by atoms with E-state index in [4.69, 9.17) is 4.74 Å². The molecule has 0 aliphatic carbocycles. The van der Waals surface area contributed by atoms with Crippen molar-refractivity contribution in [2.45, 2.75) is 18.9 Å². The first-order valence-corrected chi connectivity index (χ1v) is 7.18. The third-order valence-corrected chi connectivity index (χ3v) is 3.46. The fraction of sp³-hybridized carbons (Fsp3) is 0.235. The van der Waals surface area contributed by atoms with Crippen molar-refractivity contribution in [2.75, 3.05) is 11.9 Å². The molecule has 4 heteroatoms. The third-order valence-electron chi connectivity index (χ3n) is 3.46. The first kappa shape index (κ1) is 13.6. The molecule has 2 aromatic rings. The first-order valence-electron chi connectivity index (χ1n) is 7.18. The van der Waals surface area contributed by atoms with Crippen LogP contribution in [-0.4, -0.2) is 18.5 Å². The van der Waals surface area contributed by atoms with Gasteiger partial charge in [-0.25, -0.2) is 0 Å². The van der Waals surface area contributed by atoms with E-state index in [1.165, 1.54) is 0 Å². The minimum Gasteiger partial charge on any atom is -0.457 e. The van der Waals surface area contributed by atoms with Gasteiger partial charge >= 0.3 is 0 Å². The Bertz CT molecular complexity index is 607. The maximum absolute atomic E-state index is 12.1. The number of carbonyl (C=O) groups excluding carboxylic acids is 1. The molecule has 2 N–H and O–H groups in total. The molecule has 2 aromatic carbocycles. The van der Waals surface area contributed by atoms with Gasteiger partial charge in [-0.3, -0.25) is 4.79 Å². The highest BCUT2D eigenvalue weighted by Crippen LogP contribution is 2.24. The number of hydrogen-bond acceptors (Lipinski definition) is 3. The summed E-state index contributed by atoms with van der Waals surface area (Å²) in [5.74, 6) is 1.50. The Morgan fingerprint density at radius 3 is 2.67 bits per heavy atom. The molecule has 0 aromatic heterocycles. The highest BCUT2D eigenvalue weighted by atomic mass is 16.5. The Hall–Kier alpha value is -2.33. The van der Waals surface area contributed by atoms with Crippen LogP contribution >= 0.6 is 0 Å². The van der Waals surface area contributed by atoms with Crippen LogP contribution in [0.4, 0.5) is 5.69 Å². The number of anilines is 1. The van der Waals surface area contributed by atoms with E-state index in [0.29, 0.717) is 5.75 Å². The van der Waals surface area contributed by atoms with Crippen molar-refractivity contribution in [3.63, 3.8) is 0 Å². The van der Waals surface area contributed by atoms with Crippen LogP contribution < -0.4 is 15.4 Å². The van der Waals surface area contributed by atoms with Gasteiger partial charge in [0.05, 0.1) is 6.04 Å². The fourth-order valence-corrected chi connectivity index (χ4v) is 2.40. The van der Waals surface area contributed by atoms with Gasteiger partial charge in [-0.1, -0.05) is 24.3 Å². The summed E-state index contributed by atoms with van der Waals surface area (Å²) in [6, 6.07) is 16.9. The zero-order valence-corrected chi connectivity index (χ0v) is 11.7. The summed E-state index contributed by atoms with van der Waals surface area (Å²) in [4.78, 5) is 12.1. The summed E-state index contributed by atoms with van der Waals surface area (Å²) in [5.41, 5.74) is 0.752. The van der Waals surface area contributed by atoms with Crippen LogP contribution in [0.25, 0.3) is 0 Å². The van der Waals surface area contributed by atoms with E-state index in [1.807, 2.05) is 54.6 Å². The van der Waals surface area contributed by atoms with Crippen molar-refractivity contribution in [3.05, 3.63) is 54.6 Å². The molecule has 108 valence electrons. The van der Waals surface area contributed by atoms with Crippen molar-refractivity contribution in [3.8, 4) is 11.5 Å².